The van der Waals surface area contributed by atoms with Gasteiger partial charge < -0.3 is 21.4 Å². The number of halogens is 4. The number of anilines is 2. The predicted molar refractivity (Wildman–Crippen MR) is 114 cm³/mol. The van der Waals surface area contributed by atoms with Gasteiger partial charge in [0.15, 0.2) is 0 Å². The molecule has 168 valence electrons. The van der Waals surface area contributed by atoms with Crippen molar-refractivity contribution in [3.05, 3.63) is 78.0 Å². The fourth-order valence-corrected chi connectivity index (χ4v) is 3.37. The molecule has 0 aliphatic heterocycles. The quantitative estimate of drug-likeness (QED) is 0.319. The van der Waals surface area contributed by atoms with Crippen LogP contribution in [0.25, 0.3) is 22.0 Å². The minimum atomic E-state index is -4.76. The van der Waals surface area contributed by atoms with Crippen molar-refractivity contribution < 1.29 is 27.2 Å². The van der Waals surface area contributed by atoms with Gasteiger partial charge in [0.25, 0.3) is 5.91 Å². The van der Waals surface area contributed by atoms with Crippen LogP contribution in [0.1, 0.15) is 16.1 Å². The number of carbonyl (C=O) groups is 2. The number of aromatic nitrogens is 2. The number of carbonyl (C=O) groups excluding carboxylic acids is 2. The Morgan fingerprint density at radius 3 is 2.33 bits per heavy atom. The second-order valence-corrected chi connectivity index (χ2v) is 7.04. The maximum absolute atomic E-state index is 13.5. The Bertz CT molecular complexity index is 1360. The van der Waals surface area contributed by atoms with Crippen LogP contribution in [0.2, 0.25) is 0 Å². The van der Waals surface area contributed by atoms with Crippen molar-refractivity contribution in [3.8, 4) is 11.1 Å². The Kier molecular flexibility index (Phi) is 5.46. The molecule has 33 heavy (non-hydrogen) atoms. The second-order valence-electron chi connectivity index (χ2n) is 7.04. The highest BCUT2D eigenvalue weighted by molar-refractivity contribution is 6.09. The molecule has 4 aromatic rings. The lowest BCUT2D eigenvalue weighted by molar-refractivity contribution is -0.137. The standard InChI is InChI=1S/C22H15F4N5O2/c23-13-7-12(22(24,25)26)8-15(9-13)30-21(33)29-14-3-1-11(2-4-14)18-16-5-6-28-10-17(16)31-19(18)20(27)32/h1-10,31H,(H2,27,32)(H2,29,30,33). The van der Waals surface area contributed by atoms with Gasteiger partial charge in [-0.15, -0.1) is 0 Å². The molecule has 4 rings (SSSR count). The zero-order chi connectivity index (χ0) is 23.8. The first-order valence-electron chi connectivity index (χ1n) is 9.43. The Hall–Kier alpha value is -4.41. The van der Waals surface area contributed by atoms with Crippen LogP contribution in [0, 0.1) is 5.82 Å². The number of pyridine rings is 1. The van der Waals surface area contributed by atoms with E-state index in [1.54, 1.807) is 30.6 Å². The molecule has 0 aliphatic rings. The molecule has 0 fully saturated rings. The van der Waals surface area contributed by atoms with Gasteiger partial charge in [0.05, 0.1) is 17.3 Å². The first-order valence-corrected chi connectivity index (χ1v) is 9.43. The average molecular weight is 457 g/mol. The van der Waals surface area contributed by atoms with Crippen LogP contribution in [0.5, 0.6) is 0 Å². The molecular weight excluding hydrogens is 442 g/mol. The third-order valence-electron chi connectivity index (χ3n) is 4.76. The van der Waals surface area contributed by atoms with Gasteiger partial charge in [0, 0.05) is 28.5 Å². The highest BCUT2D eigenvalue weighted by Crippen LogP contribution is 2.33. The summed E-state index contributed by atoms with van der Waals surface area (Å²) >= 11 is 0. The molecule has 2 aromatic heterocycles. The average Bonchev–Trinajstić information content (AvgIpc) is 3.13. The molecule has 2 heterocycles. The summed E-state index contributed by atoms with van der Waals surface area (Å²) < 4.78 is 52.0. The van der Waals surface area contributed by atoms with E-state index in [1.807, 2.05) is 0 Å². The summed E-state index contributed by atoms with van der Waals surface area (Å²) in [5, 5.41) is 5.35. The molecule has 2 aromatic carbocycles. The first-order chi connectivity index (χ1) is 15.6. The monoisotopic (exact) mass is 457 g/mol. The van der Waals surface area contributed by atoms with E-state index in [0.29, 0.717) is 34.5 Å². The summed E-state index contributed by atoms with van der Waals surface area (Å²) in [7, 11) is 0. The molecule has 0 bridgehead atoms. The number of alkyl halides is 3. The van der Waals surface area contributed by atoms with Crippen LogP contribution in [-0.2, 0) is 6.18 Å². The van der Waals surface area contributed by atoms with E-state index in [1.165, 1.54) is 12.1 Å². The fraction of sp³-hybridized carbons (Fsp3) is 0.0455. The summed E-state index contributed by atoms with van der Waals surface area (Å²) in [5.41, 5.74) is 6.23. The maximum Gasteiger partial charge on any atom is 0.416 e. The van der Waals surface area contributed by atoms with Crippen molar-refractivity contribution in [2.45, 2.75) is 6.18 Å². The van der Waals surface area contributed by atoms with Crippen LogP contribution < -0.4 is 16.4 Å². The number of primary amides is 1. The number of aromatic amines is 1. The van der Waals surface area contributed by atoms with Gasteiger partial charge in [-0.1, -0.05) is 12.1 Å². The van der Waals surface area contributed by atoms with Gasteiger partial charge in [0.2, 0.25) is 0 Å². The lowest BCUT2D eigenvalue weighted by atomic mass is 10.0. The van der Waals surface area contributed by atoms with Gasteiger partial charge in [-0.2, -0.15) is 13.2 Å². The summed E-state index contributed by atoms with van der Waals surface area (Å²) in [6.45, 7) is 0. The molecule has 11 heteroatoms. The number of nitrogens with two attached hydrogens (primary N) is 1. The largest absolute Gasteiger partial charge is 0.416 e. The van der Waals surface area contributed by atoms with Crippen LogP contribution in [0.3, 0.4) is 0 Å². The highest BCUT2D eigenvalue weighted by Gasteiger charge is 2.31. The SMILES string of the molecule is NC(=O)c1[nH]c2cnccc2c1-c1ccc(NC(=O)Nc2cc(F)cc(C(F)(F)F)c2)cc1. The van der Waals surface area contributed by atoms with Gasteiger partial charge in [-0.3, -0.25) is 9.78 Å². The topological polar surface area (TPSA) is 113 Å². The normalized spacial score (nSPS) is 11.4. The Labute approximate surface area is 183 Å². The molecule has 0 aliphatic carbocycles. The van der Waals surface area contributed by atoms with E-state index in [4.69, 9.17) is 5.73 Å². The molecule has 0 atom stereocenters. The summed E-state index contributed by atoms with van der Waals surface area (Å²) in [6.07, 6.45) is -1.63. The van der Waals surface area contributed by atoms with E-state index >= 15 is 0 Å². The van der Waals surface area contributed by atoms with Gasteiger partial charge in [-0.05, 0) is 42.0 Å². The predicted octanol–water partition coefficient (Wildman–Crippen LogP) is 5.13. The van der Waals surface area contributed by atoms with Gasteiger partial charge in [-0.25, -0.2) is 9.18 Å². The molecule has 3 amide bonds. The Morgan fingerprint density at radius 1 is 0.970 bits per heavy atom. The van der Waals surface area contributed by atoms with E-state index in [0.717, 1.165) is 11.5 Å². The molecule has 0 spiro atoms. The highest BCUT2D eigenvalue weighted by atomic mass is 19.4. The second kappa shape index (κ2) is 8.26. The van der Waals surface area contributed by atoms with Gasteiger partial charge >= 0.3 is 12.2 Å². The minimum Gasteiger partial charge on any atom is -0.364 e. The van der Waals surface area contributed by atoms with Crippen LogP contribution in [0.15, 0.2) is 60.9 Å². The van der Waals surface area contributed by atoms with Crippen molar-refractivity contribution in [1.82, 2.24) is 9.97 Å². The zero-order valence-corrected chi connectivity index (χ0v) is 16.6. The van der Waals surface area contributed by atoms with Crippen molar-refractivity contribution >= 4 is 34.2 Å². The van der Waals surface area contributed by atoms with Crippen molar-refractivity contribution in [3.63, 3.8) is 0 Å². The van der Waals surface area contributed by atoms with Crippen LogP contribution >= 0.6 is 0 Å². The van der Waals surface area contributed by atoms with Gasteiger partial charge in [0.1, 0.15) is 11.5 Å². The molecule has 0 unspecified atom stereocenters. The summed E-state index contributed by atoms with van der Waals surface area (Å²) in [5.74, 6) is -1.79. The summed E-state index contributed by atoms with van der Waals surface area (Å²) in [4.78, 5) is 31.0. The number of H-pyrrole nitrogens is 1. The molecule has 0 saturated carbocycles. The number of fused-ring (bicyclic) bond motifs is 1. The van der Waals surface area contributed by atoms with E-state index < -0.39 is 29.5 Å². The lowest BCUT2D eigenvalue weighted by Crippen LogP contribution is -2.20. The Balaban J connectivity index is 1.54. The molecule has 0 saturated heterocycles. The van der Waals surface area contributed by atoms with Crippen molar-refractivity contribution in [1.29, 1.82) is 0 Å². The fourth-order valence-electron chi connectivity index (χ4n) is 3.37. The third-order valence-corrected chi connectivity index (χ3v) is 4.76. The van der Waals surface area contributed by atoms with Crippen LogP contribution in [-0.4, -0.2) is 21.9 Å². The molecule has 0 radical (unpaired) electrons. The first kappa shape index (κ1) is 21.8. The number of nitrogens with zero attached hydrogens (tertiary/aromatic N) is 1. The van der Waals surface area contributed by atoms with E-state index in [-0.39, 0.29) is 11.4 Å². The lowest BCUT2D eigenvalue weighted by Gasteiger charge is -2.12. The molecule has 7 nitrogen and oxygen atoms in total. The number of urea groups is 1. The number of amides is 3. The molecule has 5 N–H and O–H groups in total. The Morgan fingerprint density at radius 2 is 1.67 bits per heavy atom. The van der Waals surface area contributed by atoms with Crippen molar-refractivity contribution in [2.24, 2.45) is 5.73 Å². The maximum atomic E-state index is 13.5. The third kappa shape index (κ3) is 4.61. The smallest absolute Gasteiger partial charge is 0.364 e. The number of hydrogen-bond acceptors (Lipinski definition) is 3. The summed E-state index contributed by atoms with van der Waals surface area (Å²) in [6, 6.07) is 8.93. The number of benzene rings is 2. The van der Waals surface area contributed by atoms with E-state index in [2.05, 4.69) is 20.6 Å². The zero-order valence-electron chi connectivity index (χ0n) is 16.6. The van der Waals surface area contributed by atoms with Crippen molar-refractivity contribution in [2.75, 3.05) is 10.6 Å². The number of rotatable bonds is 4. The van der Waals surface area contributed by atoms with E-state index in [9.17, 15) is 27.2 Å². The minimum absolute atomic E-state index is 0.197. The number of hydrogen-bond donors (Lipinski definition) is 4. The number of nitrogens with one attached hydrogen (secondary N) is 3. The van der Waals surface area contributed by atoms with Crippen LogP contribution in [0.4, 0.5) is 33.7 Å². The molecular formula is C22H15F4N5O2.